The molecule has 0 bridgehead atoms. The topological polar surface area (TPSA) is 63.5 Å². The molecule has 6 heteroatoms. The molecule has 0 aliphatic rings. The molecule has 1 amide bonds. The van der Waals surface area contributed by atoms with E-state index in [4.69, 9.17) is 0 Å². The second-order valence-electron chi connectivity index (χ2n) is 5.60. The van der Waals surface area contributed by atoms with Gasteiger partial charge >= 0.3 is 0 Å². The predicted molar refractivity (Wildman–Crippen MR) is 89.6 cm³/mol. The fourth-order valence-electron chi connectivity index (χ4n) is 2.71. The summed E-state index contributed by atoms with van der Waals surface area (Å²) in [6.45, 7) is 4.47. The molecule has 24 heavy (non-hydrogen) atoms. The number of hydrogen-bond donors (Lipinski definition) is 1. The quantitative estimate of drug-likeness (QED) is 0.748. The fourth-order valence-corrected chi connectivity index (χ4v) is 2.71. The highest BCUT2D eigenvalue weighted by Crippen LogP contribution is 2.27. The summed E-state index contributed by atoms with van der Waals surface area (Å²) in [5.41, 5.74) is 2.84. The number of pyridine rings is 1. The van der Waals surface area contributed by atoms with Crippen molar-refractivity contribution in [3.8, 4) is 11.1 Å². The van der Waals surface area contributed by atoms with Gasteiger partial charge in [0.2, 0.25) is 5.91 Å². The first kappa shape index (κ1) is 15.9. The molecule has 0 aliphatic carbocycles. The van der Waals surface area contributed by atoms with Crippen molar-refractivity contribution in [2.45, 2.75) is 20.8 Å². The van der Waals surface area contributed by atoms with E-state index >= 15 is 0 Å². The molecule has 0 saturated heterocycles. The Hall–Kier alpha value is -3.02. The SMILES string of the molecule is CC(=O)Nc1nc2ccc(-c3cccc(F)c3C)cn2c1C(C)=O. The van der Waals surface area contributed by atoms with E-state index in [-0.39, 0.29) is 29.0 Å². The summed E-state index contributed by atoms with van der Waals surface area (Å²) in [6, 6.07) is 8.41. The van der Waals surface area contributed by atoms with Gasteiger partial charge in [-0.25, -0.2) is 9.37 Å². The van der Waals surface area contributed by atoms with E-state index in [9.17, 15) is 14.0 Å². The Bertz CT molecular complexity index is 976. The first-order chi connectivity index (χ1) is 11.4. The van der Waals surface area contributed by atoms with Gasteiger partial charge in [0.05, 0.1) is 0 Å². The lowest BCUT2D eigenvalue weighted by molar-refractivity contribution is -0.114. The number of fused-ring (bicyclic) bond motifs is 1. The Morgan fingerprint density at radius 2 is 1.92 bits per heavy atom. The molecule has 0 fully saturated rings. The van der Waals surface area contributed by atoms with Crippen molar-refractivity contribution in [3.05, 3.63) is 53.6 Å². The molecule has 5 nitrogen and oxygen atoms in total. The number of Topliss-reactive ketones (excluding diaryl/α,β-unsaturated/α-hetero) is 1. The zero-order chi connectivity index (χ0) is 17.4. The van der Waals surface area contributed by atoms with Crippen molar-refractivity contribution in [2.75, 3.05) is 5.32 Å². The van der Waals surface area contributed by atoms with Crippen LogP contribution in [0.5, 0.6) is 0 Å². The lowest BCUT2D eigenvalue weighted by Gasteiger charge is -2.08. The minimum Gasteiger partial charge on any atom is -0.309 e. The van der Waals surface area contributed by atoms with Crippen molar-refractivity contribution >= 4 is 23.2 Å². The number of imidazole rings is 1. The summed E-state index contributed by atoms with van der Waals surface area (Å²) in [5.74, 6) is -0.589. The van der Waals surface area contributed by atoms with Gasteiger partial charge in [-0.15, -0.1) is 0 Å². The minimum absolute atomic E-state index is 0.223. The zero-order valence-electron chi connectivity index (χ0n) is 13.6. The molecule has 3 aromatic rings. The van der Waals surface area contributed by atoms with E-state index in [1.54, 1.807) is 29.7 Å². The standard InChI is InChI=1S/C18H16FN3O2/c1-10-14(5-4-6-15(10)19)13-7-8-16-21-18(20-12(3)24)17(11(2)23)22(16)9-13/h4-9H,1-3H3,(H,20,24). The number of nitrogens with zero attached hydrogens (tertiary/aromatic N) is 2. The highest BCUT2D eigenvalue weighted by atomic mass is 19.1. The van der Waals surface area contributed by atoms with Gasteiger partial charge in [0.15, 0.2) is 11.6 Å². The van der Waals surface area contributed by atoms with E-state index in [0.717, 1.165) is 11.1 Å². The summed E-state index contributed by atoms with van der Waals surface area (Å²) >= 11 is 0. The summed E-state index contributed by atoms with van der Waals surface area (Å²) in [4.78, 5) is 27.6. The number of rotatable bonds is 3. The Morgan fingerprint density at radius 3 is 2.58 bits per heavy atom. The minimum atomic E-state index is -0.304. The Balaban J connectivity index is 2.24. The van der Waals surface area contributed by atoms with E-state index < -0.39 is 0 Å². The van der Waals surface area contributed by atoms with Crippen molar-refractivity contribution in [1.82, 2.24) is 9.38 Å². The van der Waals surface area contributed by atoms with Crippen LogP contribution >= 0.6 is 0 Å². The number of amides is 1. The smallest absolute Gasteiger partial charge is 0.222 e. The molecule has 1 N–H and O–H groups in total. The molecule has 2 aromatic heterocycles. The molecular weight excluding hydrogens is 309 g/mol. The summed E-state index contributed by atoms with van der Waals surface area (Å²) in [5, 5.41) is 2.57. The van der Waals surface area contributed by atoms with Crippen LogP contribution in [-0.4, -0.2) is 21.1 Å². The van der Waals surface area contributed by atoms with Crippen molar-refractivity contribution in [2.24, 2.45) is 0 Å². The third kappa shape index (κ3) is 2.67. The maximum atomic E-state index is 13.8. The van der Waals surface area contributed by atoms with Gasteiger partial charge in [0, 0.05) is 20.0 Å². The molecule has 1 aromatic carbocycles. The van der Waals surface area contributed by atoms with Gasteiger partial charge in [-0.3, -0.25) is 14.0 Å². The third-order valence-corrected chi connectivity index (χ3v) is 3.83. The largest absolute Gasteiger partial charge is 0.309 e. The highest BCUT2D eigenvalue weighted by molar-refractivity contribution is 6.02. The fraction of sp³-hybridized carbons (Fsp3) is 0.167. The molecule has 0 atom stereocenters. The van der Waals surface area contributed by atoms with Gasteiger partial charge in [-0.1, -0.05) is 12.1 Å². The number of hydrogen-bond acceptors (Lipinski definition) is 3. The number of carbonyl (C=O) groups excluding carboxylic acids is 2. The van der Waals surface area contributed by atoms with Crippen LogP contribution in [0, 0.1) is 12.7 Å². The third-order valence-electron chi connectivity index (χ3n) is 3.83. The maximum absolute atomic E-state index is 13.8. The molecule has 0 saturated carbocycles. The van der Waals surface area contributed by atoms with Crippen LogP contribution in [0.25, 0.3) is 16.8 Å². The normalized spacial score (nSPS) is 10.8. The molecule has 0 unspecified atom stereocenters. The maximum Gasteiger partial charge on any atom is 0.222 e. The van der Waals surface area contributed by atoms with Crippen LogP contribution in [0.3, 0.4) is 0 Å². The zero-order valence-corrected chi connectivity index (χ0v) is 13.6. The first-order valence-corrected chi connectivity index (χ1v) is 7.44. The van der Waals surface area contributed by atoms with Crippen molar-refractivity contribution in [3.63, 3.8) is 0 Å². The number of nitrogens with one attached hydrogen (secondary N) is 1. The lowest BCUT2D eigenvalue weighted by atomic mass is 10.0. The molecule has 0 spiro atoms. The van der Waals surface area contributed by atoms with Crippen LogP contribution in [0.1, 0.15) is 29.9 Å². The molecule has 3 rings (SSSR count). The monoisotopic (exact) mass is 325 g/mol. The molecule has 0 aliphatic heterocycles. The average molecular weight is 325 g/mol. The van der Waals surface area contributed by atoms with E-state index in [2.05, 4.69) is 10.3 Å². The number of halogens is 1. The van der Waals surface area contributed by atoms with Crippen LogP contribution in [0.4, 0.5) is 10.2 Å². The van der Waals surface area contributed by atoms with Crippen LogP contribution < -0.4 is 5.32 Å². The Kier molecular flexibility index (Phi) is 3.89. The molecule has 0 radical (unpaired) electrons. The predicted octanol–water partition coefficient (Wildman–Crippen LogP) is 3.61. The molecular formula is C18H16FN3O2. The first-order valence-electron chi connectivity index (χ1n) is 7.44. The lowest BCUT2D eigenvalue weighted by Crippen LogP contribution is -2.10. The second-order valence-corrected chi connectivity index (χ2v) is 5.60. The number of benzene rings is 1. The number of aromatic nitrogens is 2. The highest BCUT2D eigenvalue weighted by Gasteiger charge is 2.18. The van der Waals surface area contributed by atoms with Crippen molar-refractivity contribution < 1.29 is 14.0 Å². The van der Waals surface area contributed by atoms with Crippen molar-refractivity contribution in [1.29, 1.82) is 0 Å². The summed E-state index contributed by atoms with van der Waals surface area (Å²) in [6.07, 6.45) is 1.73. The van der Waals surface area contributed by atoms with Gasteiger partial charge in [-0.2, -0.15) is 0 Å². The molecule has 122 valence electrons. The van der Waals surface area contributed by atoms with Gasteiger partial charge in [0.1, 0.15) is 17.2 Å². The van der Waals surface area contributed by atoms with Crippen LogP contribution in [-0.2, 0) is 4.79 Å². The molecule has 2 heterocycles. The van der Waals surface area contributed by atoms with Crippen LogP contribution in [0.2, 0.25) is 0 Å². The van der Waals surface area contributed by atoms with E-state index in [0.29, 0.717) is 11.2 Å². The van der Waals surface area contributed by atoms with Crippen LogP contribution in [0.15, 0.2) is 36.5 Å². The van der Waals surface area contributed by atoms with E-state index in [1.165, 1.54) is 19.9 Å². The number of carbonyl (C=O) groups is 2. The summed E-state index contributed by atoms with van der Waals surface area (Å²) in [7, 11) is 0. The van der Waals surface area contributed by atoms with Gasteiger partial charge in [-0.05, 0) is 41.8 Å². The van der Waals surface area contributed by atoms with Gasteiger partial charge in [0.25, 0.3) is 0 Å². The number of ketones is 1. The van der Waals surface area contributed by atoms with E-state index in [1.807, 2.05) is 12.1 Å². The second kappa shape index (κ2) is 5.88. The average Bonchev–Trinajstić information content (AvgIpc) is 2.86. The Labute approximate surface area is 138 Å². The Morgan fingerprint density at radius 1 is 1.17 bits per heavy atom. The number of anilines is 1. The van der Waals surface area contributed by atoms with Gasteiger partial charge < -0.3 is 5.32 Å². The summed E-state index contributed by atoms with van der Waals surface area (Å²) < 4.78 is 15.4.